The summed E-state index contributed by atoms with van der Waals surface area (Å²) in [6, 6.07) is 14.8. The van der Waals surface area contributed by atoms with E-state index < -0.39 is 0 Å². The van der Waals surface area contributed by atoms with Crippen LogP contribution in [0.2, 0.25) is 0 Å². The molecule has 2 aliphatic rings. The third-order valence-electron chi connectivity index (χ3n) is 4.97. The van der Waals surface area contributed by atoms with Crippen LogP contribution in [0.1, 0.15) is 5.56 Å². The Kier molecular flexibility index (Phi) is 3.90. The molecule has 1 aromatic heterocycles. The van der Waals surface area contributed by atoms with Gasteiger partial charge >= 0.3 is 0 Å². The molecule has 6 nitrogen and oxygen atoms in total. The van der Waals surface area contributed by atoms with Gasteiger partial charge < -0.3 is 18.8 Å². The molecule has 5 rings (SSSR count). The SMILES string of the molecule is c1cc(CN2CCN(c3nc4ccccc4o3)CC2)c2c(c1)OCCO2. The number of oxazole rings is 1. The van der Waals surface area contributed by atoms with Crippen molar-refractivity contribution in [1.82, 2.24) is 9.88 Å². The molecular formula is C20H21N3O3. The fraction of sp³-hybridized carbons (Fsp3) is 0.350. The average molecular weight is 351 g/mol. The van der Waals surface area contributed by atoms with Crippen LogP contribution in [0.15, 0.2) is 46.9 Å². The van der Waals surface area contributed by atoms with Gasteiger partial charge in [-0.05, 0) is 18.2 Å². The molecule has 1 fully saturated rings. The van der Waals surface area contributed by atoms with Gasteiger partial charge in [0.25, 0.3) is 6.01 Å². The summed E-state index contributed by atoms with van der Waals surface area (Å²) in [4.78, 5) is 9.26. The number of ether oxygens (including phenoxy) is 2. The highest BCUT2D eigenvalue weighted by molar-refractivity contribution is 5.74. The smallest absolute Gasteiger partial charge is 0.298 e. The Balaban J connectivity index is 1.26. The zero-order valence-electron chi connectivity index (χ0n) is 14.6. The van der Waals surface area contributed by atoms with Gasteiger partial charge in [-0.25, -0.2) is 0 Å². The Morgan fingerprint density at radius 1 is 0.885 bits per heavy atom. The molecule has 134 valence electrons. The first-order valence-electron chi connectivity index (χ1n) is 9.07. The van der Waals surface area contributed by atoms with Crippen LogP contribution in [0.25, 0.3) is 11.1 Å². The van der Waals surface area contributed by atoms with Crippen molar-refractivity contribution in [2.75, 3.05) is 44.3 Å². The second kappa shape index (κ2) is 6.53. The van der Waals surface area contributed by atoms with Crippen LogP contribution in [0, 0.1) is 0 Å². The summed E-state index contributed by atoms with van der Waals surface area (Å²) in [6.45, 7) is 5.84. The number of hydrogen-bond donors (Lipinski definition) is 0. The number of hydrogen-bond acceptors (Lipinski definition) is 6. The number of para-hydroxylation sites is 3. The minimum Gasteiger partial charge on any atom is -0.486 e. The van der Waals surface area contributed by atoms with E-state index in [0.29, 0.717) is 13.2 Å². The van der Waals surface area contributed by atoms with Crippen LogP contribution in [0.4, 0.5) is 6.01 Å². The van der Waals surface area contributed by atoms with E-state index in [1.807, 2.05) is 36.4 Å². The van der Waals surface area contributed by atoms with Gasteiger partial charge in [0.15, 0.2) is 17.1 Å². The van der Waals surface area contributed by atoms with Crippen LogP contribution < -0.4 is 14.4 Å². The summed E-state index contributed by atoms with van der Waals surface area (Å²) in [7, 11) is 0. The summed E-state index contributed by atoms with van der Waals surface area (Å²) in [6.07, 6.45) is 0. The van der Waals surface area contributed by atoms with Gasteiger partial charge in [-0.2, -0.15) is 4.98 Å². The highest BCUT2D eigenvalue weighted by Gasteiger charge is 2.23. The lowest BCUT2D eigenvalue weighted by Gasteiger charge is -2.34. The number of anilines is 1. The molecule has 0 bridgehead atoms. The largest absolute Gasteiger partial charge is 0.486 e. The van der Waals surface area contributed by atoms with E-state index in [-0.39, 0.29) is 0 Å². The normalized spacial score (nSPS) is 17.6. The van der Waals surface area contributed by atoms with E-state index in [1.165, 1.54) is 5.56 Å². The third kappa shape index (κ3) is 2.86. The highest BCUT2D eigenvalue weighted by Crippen LogP contribution is 2.34. The molecule has 2 aromatic carbocycles. The molecule has 2 aliphatic heterocycles. The Bertz CT molecular complexity index is 883. The summed E-state index contributed by atoms with van der Waals surface area (Å²) in [5, 5.41) is 0. The van der Waals surface area contributed by atoms with Crippen molar-refractivity contribution in [3.8, 4) is 11.5 Å². The van der Waals surface area contributed by atoms with Crippen LogP contribution >= 0.6 is 0 Å². The second-order valence-corrected chi connectivity index (χ2v) is 6.67. The van der Waals surface area contributed by atoms with Gasteiger partial charge in [0.1, 0.15) is 18.7 Å². The monoisotopic (exact) mass is 351 g/mol. The van der Waals surface area contributed by atoms with Crippen molar-refractivity contribution in [1.29, 1.82) is 0 Å². The van der Waals surface area contributed by atoms with Crippen LogP contribution in [-0.4, -0.2) is 49.3 Å². The molecule has 0 amide bonds. The number of piperazine rings is 1. The lowest BCUT2D eigenvalue weighted by molar-refractivity contribution is 0.165. The van der Waals surface area contributed by atoms with Gasteiger partial charge in [0.05, 0.1) is 0 Å². The standard InChI is InChI=1S/C20H21N3O3/c1-2-6-17-16(5-1)21-20(26-17)23-10-8-22(9-11-23)14-15-4-3-7-18-19(15)25-13-12-24-18/h1-7H,8-14H2. The van der Waals surface area contributed by atoms with Gasteiger partial charge in [0.2, 0.25) is 0 Å². The number of rotatable bonds is 3. The number of benzene rings is 2. The molecule has 0 atom stereocenters. The molecule has 0 unspecified atom stereocenters. The summed E-state index contributed by atoms with van der Waals surface area (Å²) >= 11 is 0. The molecule has 0 saturated carbocycles. The summed E-state index contributed by atoms with van der Waals surface area (Å²) in [5.74, 6) is 1.76. The fourth-order valence-corrected chi connectivity index (χ4v) is 3.59. The molecule has 3 aromatic rings. The molecular weight excluding hydrogens is 330 g/mol. The lowest BCUT2D eigenvalue weighted by Crippen LogP contribution is -2.46. The minimum absolute atomic E-state index is 0.621. The van der Waals surface area contributed by atoms with Crippen LogP contribution in [-0.2, 0) is 6.54 Å². The number of nitrogens with zero attached hydrogens (tertiary/aromatic N) is 3. The second-order valence-electron chi connectivity index (χ2n) is 6.67. The van der Waals surface area contributed by atoms with Crippen molar-refractivity contribution in [2.45, 2.75) is 6.54 Å². The average Bonchev–Trinajstić information content (AvgIpc) is 3.13. The quantitative estimate of drug-likeness (QED) is 0.723. The molecule has 1 saturated heterocycles. The first-order valence-corrected chi connectivity index (χ1v) is 9.07. The minimum atomic E-state index is 0.621. The molecule has 6 heteroatoms. The predicted molar refractivity (Wildman–Crippen MR) is 98.9 cm³/mol. The van der Waals surface area contributed by atoms with Crippen molar-refractivity contribution < 1.29 is 13.9 Å². The van der Waals surface area contributed by atoms with Crippen molar-refractivity contribution >= 4 is 17.1 Å². The molecule has 0 spiro atoms. The predicted octanol–water partition coefficient (Wildman–Crippen LogP) is 2.92. The topological polar surface area (TPSA) is 51.0 Å². The van der Waals surface area contributed by atoms with Crippen LogP contribution in [0.3, 0.4) is 0 Å². The van der Waals surface area contributed by atoms with Gasteiger partial charge in [-0.15, -0.1) is 0 Å². The Hall–Kier alpha value is -2.73. The van der Waals surface area contributed by atoms with E-state index in [2.05, 4.69) is 20.9 Å². The summed E-state index contributed by atoms with van der Waals surface area (Å²) < 4.78 is 17.4. The number of aromatic nitrogens is 1. The maximum Gasteiger partial charge on any atom is 0.298 e. The van der Waals surface area contributed by atoms with E-state index in [1.54, 1.807) is 0 Å². The van der Waals surface area contributed by atoms with Crippen molar-refractivity contribution in [2.24, 2.45) is 0 Å². The van der Waals surface area contributed by atoms with Crippen molar-refractivity contribution in [3.05, 3.63) is 48.0 Å². The maximum absolute atomic E-state index is 5.90. The van der Waals surface area contributed by atoms with Gasteiger partial charge in [-0.1, -0.05) is 24.3 Å². The Labute approximate surface area is 151 Å². The van der Waals surface area contributed by atoms with Crippen molar-refractivity contribution in [3.63, 3.8) is 0 Å². The van der Waals surface area contributed by atoms with E-state index in [9.17, 15) is 0 Å². The van der Waals surface area contributed by atoms with Crippen LogP contribution in [0.5, 0.6) is 11.5 Å². The molecule has 0 radical (unpaired) electrons. The summed E-state index contributed by atoms with van der Waals surface area (Å²) in [5.41, 5.74) is 2.95. The third-order valence-corrected chi connectivity index (χ3v) is 4.97. The molecule has 3 heterocycles. The molecule has 0 N–H and O–H groups in total. The zero-order valence-corrected chi connectivity index (χ0v) is 14.6. The van der Waals surface area contributed by atoms with E-state index >= 15 is 0 Å². The first-order chi connectivity index (χ1) is 12.9. The Morgan fingerprint density at radius 2 is 1.73 bits per heavy atom. The lowest BCUT2D eigenvalue weighted by atomic mass is 10.1. The highest BCUT2D eigenvalue weighted by atomic mass is 16.6. The maximum atomic E-state index is 5.90. The first kappa shape index (κ1) is 15.5. The molecule has 26 heavy (non-hydrogen) atoms. The molecule has 0 aliphatic carbocycles. The van der Waals surface area contributed by atoms with Gasteiger partial charge in [0, 0.05) is 38.3 Å². The Morgan fingerprint density at radius 3 is 2.62 bits per heavy atom. The fourth-order valence-electron chi connectivity index (χ4n) is 3.59. The van der Waals surface area contributed by atoms with E-state index in [0.717, 1.165) is 61.3 Å². The zero-order chi connectivity index (χ0) is 17.3. The number of fused-ring (bicyclic) bond motifs is 2. The van der Waals surface area contributed by atoms with E-state index in [4.69, 9.17) is 13.9 Å². The van der Waals surface area contributed by atoms with Gasteiger partial charge in [-0.3, -0.25) is 4.90 Å².